The highest BCUT2D eigenvalue weighted by atomic mass is 19.1. The van der Waals surface area contributed by atoms with Gasteiger partial charge in [-0.25, -0.2) is 4.39 Å². The molecular formula is C17H23FN2O5. The van der Waals surface area contributed by atoms with Gasteiger partial charge < -0.3 is 20.5 Å². The minimum Gasteiger partial charge on any atom is -0.466 e. The van der Waals surface area contributed by atoms with Crippen LogP contribution in [0.2, 0.25) is 0 Å². The number of rotatable bonds is 8. The van der Waals surface area contributed by atoms with Gasteiger partial charge in [-0.15, -0.1) is 0 Å². The molecule has 0 saturated heterocycles. The molecule has 1 atom stereocenters. The van der Waals surface area contributed by atoms with Crippen LogP contribution in [-0.4, -0.2) is 31.1 Å². The van der Waals surface area contributed by atoms with Gasteiger partial charge in [0.25, 0.3) is 0 Å². The molecule has 0 spiro atoms. The van der Waals surface area contributed by atoms with Crippen molar-refractivity contribution in [2.75, 3.05) is 18.9 Å². The van der Waals surface area contributed by atoms with E-state index in [9.17, 15) is 18.8 Å². The molecule has 0 aromatic heterocycles. The summed E-state index contributed by atoms with van der Waals surface area (Å²) in [7, 11) is 0. The number of nitrogens with one attached hydrogen (secondary N) is 1. The fraction of sp³-hybridized carbons (Fsp3) is 0.471. The Hall–Kier alpha value is -2.64. The van der Waals surface area contributed by atoms with E-state index >= 15 is 0 Å². The van der Waals surface area contributed by atoms with Crippen molar-refractivity contribution in [2.24, 2.45) is 0 Å². The molecule has 1 rings (SSSR count). The number of nitrogens with two attached hydrogens (primary N) is 1. The summed E-state index contributed by atoms with van der Waals surface area (Å²) in [4.78, 5) is 35.5. The minimum atomic E-state index is -1.44. The molecule has 8 heteroatoms. The second-order valence-corrected chi connectivity index (χ2v) is 5.58. The van der Waals surface area contributed by atoms with E-state index in [1.807, 2.05) is 0 Å². The SMILES string of the molecule is CCOC(=O)CC(=O)N[C@@](C)(CC(=O)OCC)c1cc(N)ccc1F. The van der Waals surface area contributed by atoms with Gasteiger partial charge >= 0.3 is 11.9 Å². The van der Waals surface area contributed by atoms with E-state index in [1.165, 1.54) is 19.1 Å². The number of hydrogen-bond donors (Lipinski definition) is 2. The van der Waals surface area contributed by atoms with Crippen LogP contribution in [0, 0.1) is 5.82 Å². The maximum Gasteiger partial charge on any atom is 0.315 e. The normalized spacial score (nSPS) is 12.8. The molecule has 3 N–H and O–H groups in total. The van der Waals surface area contributed by atoms with Gasteiger partial charge in [-0.2, -0.15) is 0 Å². The fourth-order valence-electron chi connectivity index (χ4n) is 2.37. The minimum absolute atomic E-state index is 0.0257. The molecule has 0 fully saturated rings. The highest BCUT2D eigenvalue weighted by Gasteiger charge is 2.35. The summed E-state index contributed by atoms with van der Waals surface area (Å²) < 4.78 is 23.9. The van der Waals surface area contributed by atoms with Gasteiger partial charge in [0.2, 0.25) is 5.91 Å². The standard InChI is InChI=1S/C17H23FN2O5/c1-4-24-15(22)9-14(21)20-17(3,10-16(23)25-5-2)12-8-11(19)6-7-13(12)18/h6-8H,4-5,9-10,19H2,1-3H3,(H,20,21)/t17-/m0/s1. The zero-order valence-electron chi connectivity index (χ0n) is 14.6. The summed E-state index contributed by atoms with van der Waals surface area (Å²) in [5.41, 5.74) is 4.56. The van der Waals surface area contributed by atoms with Crippen LogP contribution in [0.1, 0.15) is 39.2 Å². The van der Waals surface area contributed by atoms with Crippen molar-refractivity contribution in [3.63, 3.8) is 0 Å². The van der Waals surface area contributed by atoms with Gasteiger partial charge in [-0.05, 0) is 39.0 Å². The maximum absolute atomic E-state index is 14.3. The third-order valence-corrected chi connectivity index (χ3v) is 3.41. The van der Waals surface area contributed by atoms with Crippen molar-refractivity contribution in [3.8, 4) is 0 Å². The summed E-state index contributed by atoms with van der Waals surface area (Å²) in [5, 5.41) is 2.52. The first-order chi connectivity index (χ1) is 11.7. The third kappa shape index (κ3) is 6.06. The van der Waals surface area contributed by atoms with E-state index in [4.69, 9.17) is 15.2 Å². The van der Waals surface area contributed by atoms with Crippen LogP contribution in [0.5, 0.6) is 0 Å². The fourth-order valence-corrected chi connectivity index (χ4v) is 2.37. The number of nitrogen functional groups attached to an aromatic ring is 1. The van der Waals surface area contributed by atoms with Crippen LogP contribution in [-0.2, 0) is 29.4 Å². The molecule has 0 aliphatic heterocycles. The largest absolute Gasteiger partial charge is 0.466 e. The highest BCUT2D eigenvalue weighted by Crippen LogP contribution is 2.29. The lowest BCUT2D eigenvalue weighted by Gasteiger charge is -2.31. The van der Waals surface area contributed by atoms with E-state index in [2.05, 4.69) is 5.32 Å². The van der Waals surface area contributed by atoms with Gasteiger partial charge in [0.15, 0.2) is 0 Å². The molecule has 0 heterocycles. The second-order valence-electron chi connectivity index (χ2n) is 5.58. The van der Waals surface area contributed by atoms with Gasteiger partial charge in [-0.1, -0.05) is 0 Å². The molecule has 0 saturated carbocycles. The second kappa shape index (κ2) is 9.00. The molecule has 1 aromatic carbocycles. The number of carbonyl (C=O) groups is 3. The van der Waals surface area contributed by atoms with Gasteiger partial charge in [0, 0.05) is 11.3 Å². The Bertz CT molecular complexity index is 650. The van der Waals surface area contributed by atoms with Crippen molar-refractivity contribution in [1.29, 1.82) is 0 Å². The molecule has 0 aliphatic carbocycles. The van der Waals surface area contributed by atoms with E-state index in [1.54, 1.807) is 13.8 Å². The van der Waals surface area contributed by atoms with Crippen LogP contribution in [0.4, 0.5) is 10.1 Å². The first-order valence-electron chi connectivity index (χ1n) is 7.89. The third-order valence-electron chi connectivity index (χ3n) is 3.41. The number of hydrogen-bond acceptors (Lipinski definition) is 6. The molecule has 0 bridgehead atoms. The van der Waals surface area contributed by atoms with Gasteiger partial charge in [0.05, 0.1) is 25.2 Å². The average molecular weight is 354 g/mol. The summed E-state index contributed by atoms with van der Waals surface area (Å²) >= 11 is 0. The first-order valence-corrected chi connectivity index (χ1v) is 7.89. The van der Waals surface area contributed by atoms with Crippen molar-refractivity contribution in [2.45, 2.75) is 39.2 Å². The van der Waals surface area contributed by atoms with E-state index in [0.29, 0.717) is 0 Å². The lowest BCUT2D eigenvalue weighted by atomic mass is 9.87. The lowest BCUT2D eigenvalue weighted by Crippen LogP contribution is -2.46. The van der Waals surface area contributed by atoms with Crippen molar-refractivity contribution >= 4 is 23.5 Å². The van der Waals surface area contributed by atoms with E-state index in [-0.39, 0.29) is 30.9 Å². The van der Waals surface area contributed by atoms with E-state index in [0.717, 1.165) is 6.07 Å². The van der Waals surface area contributed by atoms with Crippen LogP contribution in [0.25, 0.3) is 0 Å². The van der Waals surface area contributed by atoms with E-state index < -0.39 is 35.6 Å². The average Bonchev–Trinajstić information content (AvgIpc) is 2.49. The van der Waals surface area contributed by atoms with Crippen molar-refractivity contribution in [3.05, 3.63) is 29.6 Å². The zero-order valence-corrected chi connectivity index (χ0v) is 14.6. The summed E-state index contributed by atoms with van der Waals surface area (Å²) in [6.45, 7) is 4.99. The Labute approximate surface area is 145 Å². The zero-order chi connectivity index (χ0) is 19.0. The smallest absolute Gasteiger partial charge is 0.315 e. The molecule has 7 nitrogen and oxygen atoms in total. The number of ether oxygens (including phenoxy) is 2. The quantitative estimate of drug-likeness (QED) is 0.417. The Morgan fingerprint density at radius 3 is 2.36 bits per heavy atom. The molecule has 138 valence electrons. The number of carbonyl (C=O) groups excluding carboxylic acids is 3. The molecule has 1 amide bonds. The summed E-state index contributed by atoms with van der Waals surface area (Å²) in [6.07, 6.45) is -0.869. The highest BCUT2D eigenvalue weighted by molar-refractivity contribution is 5.94. The Kier molecular flexibility index (Phi) is 7.35. The number of amides is 1. The molecule has 1 aromatic rings. The van der Waals surface area contributed by atoms with Crippen LogP contribution in [0.3, 0.4) is 0 Å². The van der Waals surface area contributed by atoms with Crippen LogP contribution < -0.4 is 11.1 Å². The number of esters is 2. The number of anilines is 1. The maximum atomic E-state index is 14.3. The number of halogens is 1. The Morgan fingerprint density at radius 1 is 1.16 bits per heavy atom. The van der Waals surface area contributed by atoms with Crippen molar-refractivity contribution in [1.82, 2.24) is 5.32 Å². The predicted molar refractivity (Wildman–Crippen MR) is 88.8 cm³/mol. The Morgan fingerprint density at radius 2 is 1.76 bits per heavy atom. The lowest BCUT2D eigenvalue weighted by molar-refractivity contribution is -0.146. The van der Waals surface area contributed by atoms with Crippen LogP contribution in [0.15, 0.2) is 18.2 Å². The first kappa shape index (κ1) is 20.4. The molecule has 0 unspecified atom stereocenters. The van der Waals surface area contributed by atoms with Gasteiger partial charge in [0.1, 0.15) is 12.2 Å². The van der Waals surface area contributed by atoms with Crippen LogP contribution >= 0.6 is 0 Å². The molecule has 25 heavy (non-hydrogen) atoms. The number of benzene rings is 1. The summed E-state index contributed by atoms with van der Waals surface area (Å²) in [6, 6.07) is 3.84. The Balaban J connectivity index is 3.10. The molecule has 0 radical (unpaired) electrons. The monoisotopic (exact) mass is 354 g/mol. The summed E-state index contributed by atoms with van der Waals surface area (Å²) in [5.74, 6) is -2.68. The molecular weight excluding hydrogens is 331 g/mol. The predicted octanol–water partition coefficient (Wildman–Crippen LogP) is 1.65. The van der Waals surface area contributed by atoms with Crippen molar-refractivity contribution < 1.29 is 28.2 Å². The molecule has 0 aliphatic rings. The van der Waals surface area contributed by atoms with Gasteiger partial charge in [-0.3, -0.25) is 14.4 Å². The topological polar surface area (TPSA) is 108 Å².